The van der Waals surface area contributed by atoms with E-state index in [-0.39, 0.29) is 16.2 Å². The van der Waals surface area contributed by atoms with E-state index in [1.54, 1.807) is 36.1 Å². The van der Waals surface area contributed by atoms with E-state index in [0.29, 0.717) is 10.8 Å². The van der Waals surface area contributed by atoms with Gasteiger partial charge in [0.2, 0.25) is 0 Å². The molecule has 0 unspecified atom stereocenters. The molecule has 0 spiro atoms. The van der Waals surface area contributed by atoms with Crippen molar-refractivity contribution in [2.24, 2.45) is 0 Å². The van der Waals surface area contributed by atoms with Gasteiger partial charge in [-0.1, -0.05) is 24.3 Å². The van der Waals surface area contributed by atoms with Crippen molar-refractivity contribution in [2.75, 3.05) is 0 Å². The monoisotopic (exact) mass is 198 g/mol. The van der Waals surface area contributed by atoms with Gasteiger partial charge in [0.1, 0.15) is 22.9 Å². The molecule has 15 heavy (non-hydrogen) atoms. The van der Waals surface area contributed by atoms with Gasteiger partial charge in [-0.2, -0.15) is 0 Å². The van der Waals surface area contributed by atoms with Crippen molar-refractivity contribution in [2.45, 2.75) is 0 Å². The molecule has 0 aromatic heterocycles. The van der Waals surface area contributed by atoms with E-state index >= 15 is 0 Å². The van der Waals surface area contributed by atoms with Gasteiger partial charge >= 0.3 is 0 Å². The zero-order chi connectivity index (χ0) is 10.8. The van der Waals surface area contributed by atoms with Crippen LogP contribution >= 0.6 is 0 Å². The number of fused-ring (bicyclic) bond motifs is 1. The van der Waals surface area contributed by atoms with Gasteiger partial charge in [-0.05, 0) is 0 Å². The topological polar surface area (TPSA) is 54.4 Å². The Kier molecular flexibility index (Phi) is 2.11. The minimum atomic E-state index is -0.248. The normalized spacial score (nSPS) is 9.60. The van der Waals surface area contributed by atoms with Crippen LogP contribution < -0.4 is 10.4 Å². The Bertz CT molecular complexity index is 691. The second-order valence-corrected chi connectivity index (χ2v) is 3.07. The summed E-state index contributed by atoms with van der Waals surface area (Å²) in [5.41, 5.74) is 0. The number of phenols is 1. The summed E-state index contributed by atoms with van der Waals surface area (Å²) in [6.45, 7) is 0. The minimum absolute atomic E-state index is 0.0737. The van der Waals surface area contributed by atoms with Crippen LogP contribution in [0.15, 0.2) is 30.3 Å². The van der Waals surface area contributed by atoms with Gasteiger partial charge in [-0.25, -0.2) is 9.59 Å². The molecule has 0 atom stereocenters. The molecule has 0 bridgehead atoms. The van der Waals surface area contributed by atoms with Crippen molar-refractivity contribution in [1.82, 2.24) is 0 Å². The van der Waals surface area contributed by atoms with E-state index in [0.717, 1.165) is 0 Å². The summed E-state index contributed by atoms with van der Waals surface area (Å²) in [6.07, 6.45) is 0. The highest BCUT2D eigenvalue weighted by atomic mass is 16.3. The molecule has 0 saturated carbocycles. The Morgan fingerprint density at radius 3 is 2.27 bits per heavy atom. The van der Waals surface area contributed by atoms with Gasteiger partial charge in [-0.15, -0.1) is 0 Å². The molecule has 3 nitrogen and oxygen atoms in total. The summed E-state index contributed by atoms with van der Waals surface area (Å²) in [6, 6.07) is 8.02. The zero-order valence-corrected chi connectivity index (χ0v) is 7.65. The van der Waals surface area contributed by atoms with Gasteiger partial charge < -0.3 is 5.11 Å². The minimum Gasteiger partial charge on any atom is -0.506 e. The molecule has 1 N–H and O–H groups in total. The largest absolute Gasteiger partial charge is 0.506 e. The van der Waals surface area contributed by atoms with Crippen LogP contribution in [0.25, 0.3) is 10.8 Å². The van der Waals surface area contributed by atoms with Crippen molar-refractivity contribution in [3.63, 3.8) is 0 Å². The Morgan fingerprint density at radius 2 is 1.67 bits per heavy atom. The van der Waals surface area contributed by atoms with Gasteiger partial charge in [0, 0.05) is 16.8 Å². The van der Waals surface area contributed by atoms with E-state index in [4.69, 9.17) is 0 Å². The number of aromatic hydroxyl groups is 1. The van der Waals surface area contributed by atoms with Crippen molar-refractivity contribution >= 4 is 22.7 Å². The fourth-order valence-corrected chi connectivity index (χ4v) is 1.55. The third kappa shape index (κ3) is 1.32. The quantitative estimate of drug-likeness (QED) is 0.624. The molecule has 0 heterocycles. The zero-order valence-electron chi connectivity index (χ0n) is 7.65. The van der Waals surface area contributed by atoms with Crippen LogP contribution in [0.1, 0.15) is 0 Å². The Hall–Kier alpha value is -2.34. The molecule has 0 aliphatic heterocycles. The third-order valence-electron chi connectivity index (χ3n) is 2.24. The maximum Gasteiger partial charge on any atom is 0.136 e. The molecule has 0 aliphatic rings. The van der Waals surface area contributed by atoms with E-state index in [1.807, 2.05) is 0 Å². The fraction of sp³-hybridized carbons (Fsp3) is 0. The predicted molar refractivity (Wildman–Crippen MR) is 54.5 cm³/mol. The molecular formula is C12H6O3. The third-order valence-corrected chi connectivity index (χ3v) is 2.24. The molecule has 0 fully saturated rings. The molecule has 72 valence electrons. The summed E-state index contributed by atoms with van der Waals surface area (Å²) >= 11 is 0. The summed E-state index contributed by atoms with van der Waals surface area (Å²) in [4.78, 5) is 21.3. The fourth-order valence-electron chi connectivity index (χ4n) is 1.55. The van der Waals surface area contributed by atoms with Crippen molar-refractivity contribution in [1.29, 1.82) is 0 Å². The highest BCUT2D eigenvalue weighted by Crippen LogP contribution is 2.07. The molecule has 2 aromatic rings. The first-order valence-corrected chi connectivity index (χ1v) is 4.29. The van der Waals surface area contributed by atoms with Crippen LogP contribution in [0, 0.1) is 0 Å². The number of rotatable bonds is 0. The van der Waals surface area contributed by atoms with E-state index in [9.17, 15) is 14.7 Å². The number of carbonyl (C=O) groups excluding carboxylic acids is 2. The van der Waals surface area contributed by atoms with Crippen LogP contribution in [-0.2, 0) is 9.59 Å². The summed E-state index contributed by atoms with van der Waals surface area (Å²) < 4.78 is 0. The highest BCUT2D eigenvalue weighted by molar-refractivity contribution is 5.89. The van der Waals surface area contributed by atoms with Gasteiger partial charge in [0.15, 0.2) is 0 Å². The maximum atomic E-state index is 10.7. The lowest BCUT2D eigenvalue weighted by molar-refractivity contribution is 0.470. The maximum absolute atomic E-state index is 10.7. The lowest BCUT2D eigenvalue weighted by atomic mass is 10.1. The first kappa shape index (κ1) is 9.22. The number of hydrogen-bond acceptors (Lipinski definition) is 3. The summed E-state index contributed by atoms with van der Waals surface area (Å²) in [5, 5.41) is 10.9. The van der Waals surface area contributed by atoms with Gasteiger partial charge in [-0.3, -0.25) is 0 Å². The van der Waals surface area contributed by atoms with Crippen LogP contribution in [0.4, 0.5) is 0 Å². The molecule has 2 aromatic carbocycles. The second-order valence-electron chi connectivity index (χ2n) is 3.07. The first-order valence-electron chi connectivity index (χ1n) is 4.29. The van der Waals surface area contributed by atoms with Crippen molar-refractivity contribution < 1.29 is 14.7 Å². The summed E-state index contributed by atoms with van der Waals surface area (Å²) in [7, 11) is 0. The average Bonchev–Trinajstić information content (AvgIpc) is 2.28. The first-order chi connectivity index (χ1) is 7.27. The molecule has 0 amide bonds. The van der Waals surface area contributed by atoms with Crippen LogP contribution in [0.5, 0.6) is 5.75 Å². The van der Waals surface area contributed by atoms with Gasteiger partial charge in [0.05, 0.1) is 5.22 Å². The number of benzene rings is 2. The van der Waals surface area contributed by atoms with Gasteiger partial charge in [0.25, 0.3) is 0 Å². The molecule has 2 rings (SSSR count). The second kappa shape index (κ2) is 3.43. The van der Waals surface area contributed by atoms with E-state index in [2.05, 4.69) is 0 Å². The molecule has 3 heteroatoms. The standard InChI is InChI=1S/C12H6O3/c13-6-8-5-12(15)11(7-14)10-4-2-1-3-9(8)10/h1-5,15H. The lowest BCUT2D eigenvalue weighted by Crippen LogP contribution is -2.14. The van der Waals surface area contributed by atoms with E-state index < -0.39 is 0 Å². The lowest BCUT2D eigenvalue weighted by Gasteiger charge is -1.98. The smallest absolute Gasteiger partial charge is 0.136 e. The number of hydrogen-bond donors (Lipinski definition) is 1. The van der Waals surface area contributed by atoms with Crippen LogP contribution in [-0.4, -0.2) is 17.0 Å². The van der Waals surface area contributed by atoms with Crippen molar-refractivity contribution in [3.8, 4) is 5.75 Å². The Morgan fingerprint density at radius 1 is 1.00 bits per heavy atom. The van der Waals surface area contributed by atoms with Crippen LogP contribution in [0.2, 0.25) is 0 Å². The molecular weight excluding hydrogens is 192 g/mol. The molecule has 0 radical (unpaired) electrons. The summed E-state index contributed by atoms with van der Waals surface area (Å²) in [5.74, 6) is 3.13. The number of phenolic OH excluding ortho intramolecular Hbond substituents is 1. The highest BCUT2D eigenvalue weighted by Gasteiger charge is 2.02. The molecule has 0 saturated heterocycles. The SMILES string of the molecule is O=C=c1cc(O)c(=C=O)c2ccccc12. The molecule has 0 aliphatic carbocycles. The van der Waals surface area contributed by atoms with Crippen molar-refractivity contribution in [3.05, 3.63) is 40.8 Å². The Labute approximate surface area is 84.6 Å². The average molecular weight is 198 g/mol. The van der Waals surface area contributed by atoms with Crippen LogP contribution in [0.3, 0.4) is 0 Å². The predicted octanol–water partition coefficient (Wildman–Crippen LogP) is -0.448. The van der Waals surface area contributed by atoms with E-state index in [1.165, 1.54) is 6.07 Å². The Balaban J connectivity index is 3.29.